The van der Waals surface area contributed by atoms with Crippen molar-refractivity contribution in [2.24, 2.45) is 0 Å². The zero-order valence-electron chi connectivity index (χ0n) is 21.0. The van der Waals surface area contributed by atoms with Crippen molar-refractivity contribution < 1.29 is 32.7 Å². The van der Waals surface area contributed by atoms with Crippen LogP contribution in [0.1, 0.15) is 46.4 Å². The number of thiophene rings is 1. The van der Waals surface area contributed by atoms with Gasteiger partial charge in [-0.25, -0.2) is 14.6 Å². The van der Waals surface area contributed by atoms with Crippen molar-refractivity contribution in [3.63, 3.8) is 0 Å². The Bertz CT molecular complexity index is 1430. The molecule has 198 valence electrons. The van der Waals surface area contributed by atoms with E-state index in [-0.39, 0.29) is 33.8 Å². The number of ether oxygens (including phenoxy) is 2. The van der Waals surface area contributed by atoms with Crippen LogP contribution in [-0.4, -0.2) is 51.5 Å². The maximum Gasteiger partial charge on any atom is 0.348 e. The number of esters is 2. The average molecular weight is 557 g/mol. The molecule has 0 aliphatic rings. The lowest BCUT2D eigenvalue weighted by molar-refractivity contribution is -0.115. The molecule has 4 rings (SSSR count). The number of rotatable bonds is 10. The van der Waals surface area contributed by atoms with Gasteiger partial charge in [-0.15, -0.1) is 21.5 Å². The standard InChI is InChI=1S/C25H24N4O7S2/c1-5-33-23(31)17-13(3)20(24(32)34-6-2)38-22(17)27-21(30)14(4)37-25-26-18(15-9-7-11-35-15)19(28-29-25)16-10-8-12-36-16/h7-12,14H,5-6H2,1-4H3,(H,27,30). The van der Waals surface area contributed by atoms with E-state index >= 15 is 0 Å². The van der Waals surface area contributed by atoms with Crippen LogP contribution in [0.15, 0.2) is 50.8 Å². The van der Waals surface area contributed by atoms with Gasteiger partial charge in [-0.1, -0.05) is 11.8 Å². The van der Waals surface area contributed by atoms with Crippen LogP contribution < -0.4 is 5.32 Å². The van der Waals surface area contributed by atoms with Crippen LogP contribution in [0.3, 0.4) is 0 Å². The molecule has 4 heterocycles. The molecule has 11 nitrogen and oxygen atoms in total. The Morgan fingerprint density at radius 3 is 2.24 bits per heavy atom. The van der Waals surface area contributed by atoms with Crippen molar-refractivity contribution in [2.45, 2.75) is 38.1 Å². The van der Waals surface area contributed by atoms with E-state index in [1.54, 1.807) is 52.0 Å². The summed E-state index contributed by atoms with van der Waals surface area (Å²) in [6.07, 6.45) is 3.03. The van der Waals surface area contributed by atoms with Crippen LogP contribution in [0.25, 0.3) is 22.9 Å². The summed E-state index contributed by atoms with van der Waals surface area (Å²) in [5.41, 5.74) is 1.30. The number of anilines is 1. The highest BCUT2D eigenvalue weighted by atomic mass is 32.2. The number of nitrogens with one attached hydrogen (secondary N) is 1. The van der Waals surface area contributed by atoms with Gasteiger partial charge in [0.05, 0.1) is 36.6 Å². The molecule has 1 amide bonds. The summed E-state index contributed by atoms with van der Waals surface area (Å²) in [7, 11) is 0. The Morgan fingerprint density at radius 2 is 1.63 bits per heavy atom. The Kier molecular flexibility index (Phi) is 8.59. The number of hydrogen-bond donors (Lipinski definition) is 1. The molecular formula is C25H24N4O7S2. The van der Waals surface area contributed by atoms with E-state index in [9.17, 15) is 14.4 Å². The molecular weight excluding hydrogens is 532 g/mol. The van der Waals surface area contributed by atoms with Crippen LogP contribution in [0.4, 0.5) is 5.00 Å². The van der Waals surface area contributed by atoms with E-state index in [1.807, 2.05) is 0 Å². The van der Waals surface area contributed by atoms with Gasteiger partial charge in [0.2, 0.25) is 11.1 Å². The molecule has 4 aromatic rings. The molecule has 1 atom stereocenters. The van der Waals surface area contributed by atoms with Crippen molar-refractivity contribution in [1.82, 2.24) is 15.2 Å². The molecule has 0 radical (unpaired) electrons. The summed E-state index contributed by atoms with van der Waals surface area (Å²) in [6.45, 7) is 6.94. The Balaban J connectivity index is 1.58. The number of nitrogens with zero attached hydrogens (tertiary/aromatic N) is 3. The molecule has 38 heavy (non-hydrogen) atoms. The highest BCUT2D eigenvalue weighted by Crippen LogP contribution is 2.36. The van der Waals surface area contributed by atoms with E-state index in [0.29, 0.717) is 28.5 Å². The summed E-state index contributed by atoms with van der Waals surface area (Å²) < 4.78 is 21.2. The molecule has 0 saturated carbocycles. The van der Waals surface area contributed by atoms with E-state index < -0.39 is 23.1 Å². The Morgan fingerprint density at radius 1 is 1.00 bits per heavy atom. The lowest BCUT2D eigenvalue weighted by Crippen LogP contribution is -2.23. The van der Waals surface area contributed by atoms with Gasteiger partial charge in [-0.3, -0.25) is 4.79 Å². The molecule has 13 heteroatoms. The number of carbonyl (C=O) groups excluding carboxylic acids is 3. The van der Waals surface area contributed by atoms with Crippen molar-refractivity contribution >= 4 is 45.9 Å². The first kappa shape index (κ1) is 27.1. The maximum absolute atomic E-state index is 13.1. The van der Waals surface area contributed by atoms with Crippen molar-refractivity contribution in [3.8, 4) is 22.9 Å². The maximum atomic E-state index is 13.1. The summed E-state index contributed by atoms with van der Waals surface area (Å²) >= 11 is 2.02. The summed E-state index contributed by atoms with van der Waals surface area (Å²) in [4.78, 5) is 42.9. The summed E-state index contributed by atoms with van der Waals surface area (Å²) in [5.74, 6) is -0.724. The molecule has 0 aliphatic carbocycles. The minimum atomic E-state index is -0.695. The first-order valence-corrected chi connectivity index (χ1v) is 13.3. The van der Waals surface area contributed by atoms with Crippen LogP contribution in [0, 0.1) is 6.92 Å². The van der Waals surface area contributed by atoms with Gasteiger partial charge in [0, 0.05) is 0 Å². The zero-order chi connectivity index (χ0) is 27.2. The van der Waals surface area contributed by atoms with Crippen molar-refractivity contribution in [3.05, 3.63) is 52.8 Å². The number of carbonyl (C=O) groups is 3. The number of thioether (sulfide) groups is 1. The third kappa shape index (κ3) is 5.78. The minimum absolute atomic E-state index is 0.117. The smallest absolute Gasteiger partial charge is 0.348 e. The summed E-state index contributed by atoms with van der Waals surface area (Å²) in [6, 6.07) is 6.91. The Labute approximate surface area is 225 Å². The highest BCUT2D eigenvalue weighted by molar-refractivity contribution is 8.00. The number of furan rings is 2. The van der Waals surface area contributed by atoms with Crippen LogP contribution in [0.2, 0.25) is 0 Å². The molecule has 0 aliphatic heterocycles. The normalized spacial score (nSPS) is 11.7. The Hall–Kier alpha value is -3.97. The van der Waals surface area contributed by atoms with Gasteiger partial charge in [0.15, 0.2) is 17.2 Å². The molecule has 0 fully saturated rings. The monoisotopic (exact) mass is 556 g/mol. The second kappa shape index (κ2) is 12.0. The van der Waals surface area contributed by atoms with Gasteiger partial charge < -0.3 is 23.6 Å². The minimum Gasteiger partial charge on any atom is -0.463 e. The molecule has 0 aromatic carbocycles. The molecule has 0 bridgehead atoms. The summed E-state index contributed by atoms with van der Waals surface area (Å²) in [5, 5.41) is 10.9. The second-order valence-corrected chi connectivity index (χ2v) is 10.0. The largest absolute Gasteiger partial charge is 0.463 e. The molecule has 0 spiro atoms. The van der Waals surface area contributed by atoms with Gasteiger partial charge in [-0.05, 0) is 57.5 Å². The fourth-order valence-electron chi connectivity index (χ4n) is 3.39. The third-order valence-corrected chi connectivity index (χ3v) is 7.29. The van der Waals surface area contributed by atoms with E-state index in [1.165, 1.54) is 12.5 Å². The van der Waals surface area contributed by atoms with Gasteiger partial charge in [0.1, 0.15) is 15.6 Å². The van der Waals surface area contributed by atoms with Crippen LogP contribution in [-0.2, 0) is 14.3 Å². The van der Waals surface area contributed by atoms with E-state index in [4.69, 9.17) is 18.3 Å². The first-order chi connectivity index (χ1) is 18.3. The average Bonchev–Trinajstić information content (AvgIpc) is 3.66. The molecule has 1 N–H and O–H groups in total. The number of hydrogen-bond acceptors (Lipinski definition) is 12. The lowest BCUT2D eigenvalue weighted by atomic mass is 10.1. The van der Waals surface area contributed by atoms with Gasteiger partial charge in [0.25, 0.3) is 0 Å². The van der Waals surface area contributed by atoms with Crippen molar-refractivity contribution in [2.75, 3.05) is 18.5 Å². The van der Waals surface area contributed by atoms with E-state index in [0.717, 1.165) is 23.1 Å². The molecule has 0 saturated heterocycles. The quantitative estimate of drug-likeness (QED) is 0.202. The molecule has 1 unspecified atom stereocenters. The number of amides is 1. The molecule has 4 aromatic heterocycles. The first-order valence-electron chi connectivity index (χ1n) is 11.6. The number of aromatic nitrogens is 3. The van der Waals surface area contributed by atoms with Crippen molar-refractivity contribution in [1.29, 1.82) is 0 Å². The SMILES string of the molecule is CCOC(=O)c1sc(NC(=O)C(C)Sc2nnc(-c3ccco3)c(-c3ccco3)n2)c(C(=O)OCC)c1C. The predicted molar refractivity (Wildman–Crippen MR) is 140 cm³/mol. The van der Waals surface area contributed by atoms with E-state index in [2.05, 4.69) is 20.5 Å². The fraction of sp³-hybridized carbons (Fsp3) is 0.280. The van der Waals surface area contributed by atoms with Crippen LogP contribution >= 0.6 is 23.1 Å². The van der Waals surface area contributed by atoms with Gasteiger partial charge in [-0.2, -0.15) is 0 Å². The fourth-order valence-corrected chi connectivity index (χ4v) is 5.20. The van der Waals surface area contributed by atoms with Crippen LogP contribution in [0.5, 0.6) is 0 Å². The topological polar surface area (TPSA) is 147 Å². The highest BCUT2D eigenvalue weighted by Gasteiger charge is 2.29. The third-order valence-electron chi connectivity index (χ3n) is 5.15. The predicted octanol–water partition coefficient (Wildman–Crippen LogP) is 5.23. The van der Waals surface area contributed by atoms with Gasteiger partial charge >= 0.3 is 11.9 Å². The zero-order valence-corrected chi connectivity index (χ0v) is 22.6. The second-order valence-electron chi connectivity index (χ2n) is 7.70. The lowest BCUT2D eigenvalue weighted by Gasteiger charge is -2.12.